The van der Waals surface area contributed by atoms with E-state index in [1.807, 2.05) is 27.7 Å². The maximum Gasteiger partial charge on any atom is 0.305 e. The van der Waals surface area contributed by atoms with Gasteiger partial charge >= 0.3 is 5.97 Å². The van der Waals surface area contributed by atoms with Crippen LogP contribution < -0.4 is 5.32 Å². The number of carboxylic acid groups (broad SMARTS) is 1. The van der Waals surface area contributed by atoms with Crippen molar-refractivity contribution < 1.29 is 14.7 Å². The first-order valence-electron chi connectivity index (χ1n) is 6.53. The summed E-state index contributed by atoms with van der Waals surface area (Å²) in [5.74, 6) is -1.24. The summed E-state index contributed by atoms with van der Waals surface area (Å²) >= 11 is 5.90. The van der Waals surface area contributed by atoms with Gasteiger partial charge in [-0.3, -0.25) is 9.59 Å². The second-order valence-corrected chi connectivity index (χ2v) is 6.26. The monoisotopic (exact) mass is 300 g/mol. The number of carbonyl (C=O) groups is 2. The number of halogens is 1. The van der Waals surface area contributed by atoms with E-state index in [1.165, 1.54) is 0 Å². The summed E-state index contributed by atoms with van der Waals surface area (Å²) in [4.78, 5) is 23.2. The SMILES string of the molecule is CCn1cc(Cl)cc1C(=O)NC(CC(=O)O)C(C)(C)C. The normalized spacial score (nSPS) is 13.1. The summed E-state index contributed by atoms with van der Waals surface area (Å²) < 4.78 is 1.73. The molecule has 0 aliphatic rings. The molecular weight excluding hydrogens is 280 g/mol. The average Bonchev–Trinajstić information content (AvgIpc) is 2.67. The van der Waals surface area contributed by atoms with Crippen molar-refractivity contribution in [3.8, 4) is 0 Å². The van der Waals surface area contributed by atoms with Crippen LogP contribution in [0.4, 0.5) is 0 Å². The largest absolute Gasteiger partial charge is 0.481 e. The molecule has 1 atom stereocenters. The van der Waals surface area contributed by atoms with E-state index in [9.17, 15) is 9.59 Å². The number of amides is 1. The van der Waals surface area contributed by atoms with Crippen LogP contribution in [0.3, 0.4) is 0 Å². The Morgan fingerprint density at radius 3 is 2.50 bits per heavy atom. The lowest BCUT2D eigenvalue weighted by atomic mass is 9.84. The number of rotatable bonds is 5. The average molecular weight is 301 g/mol. The highest BCUT2D eigenvalue weighted by Gasteiger charge is 2.29. The molecule has 5 nitrogen and oxygen atoms in total. The minimum Gasteiger partial charge on any atom is -0.481 e. The zero-order chi connectivity index (χ0) is 15.5. The first-order valence-corrected chi connectivity index (χ1v) is 6.91. The Morgan fingerprint density at radius 1 is 1.45 bits per heavy atom. The van der Waals surface area contributed by atoms with Gasteiger partial charge in [-0.2, -0.15) is 0 Å². The highest BCUT2D eigenvalue weighted by molar-refractivity contribution is 6.31. The van der Waals surface area contributed by atoms with Crippen LogP contribution in [-0.2, 0) is 11.3 Å². The number of aromatic nitrogens is 1. The minimum atomic E-state index is -0.936. The third-order valence-electron chi connectivity index (χ3n) is 3.17. The predicted molar refractivity (Wildman–Crippen MR) is 78.1 cm³/mol. The van der Waals surface area contributed by atoms with Crippen LogP contribution >= 0.6 is 11.6 Å². The molecular formula is C14H21ClN2O3. The van der Waals surface area contributed by atoms with Crippen LogP contribution in [0.2, 0.25) is 5.02 Å². The van der Waals surface area contributed by atoms with Gasteiger partial charge in [0.15, 0.2) is 0 Å². The molecule has 1 unspecified atom stereocenters. The van der Waals surface area contributed by atoms with Crippen molar-refractivity contribution >= 4 is 23.5 Å². The Kier molecular flexibility index (Phi) is 5.22. The minimum absolute atomic E-state index is 0.115. The molecule has 2 N–H and O–H groups in total. The summed E-state index contributed by atoms with van der Waals surface area (Å²) in [5.41, 5.74) is 0.0960. The number of carboxylic acids is 1. The lowest BCUT2D eigenvalue weighted by Crippen LogP contribution is -2.45. The van der Waals surface area contributed by atoms with Gasteiger partial charge in [-0.25, -0.2) is 0 Å². The van der Waals surface area contributed by atoms with Gasteiger partial charge < -0.3 is 15.0 Å². The Bertz CT molecular complexity index is 503. The number of carbonyl (C=O) groups excluding carboxylic acids is 1. The number of aliphatic carboxylic acids is 1. The fourth-order valence-corrected chi connectivity index (χ4v) is 2.13. The van der Waals surface area contributed by atoms with E-state index in [-0.39, 0.29) is 17.7 Å². The van der Waals surface area contributed by atoms with Gasteiger partial charge in [0.25, 0.3) is 5.91 Å². The van der Waals surface area contributed by atoms with Gasteiger partial charge in [0.2, 0.25) is 0 Å². The van der Waals surface area contributed by atoms with Crippen LogP contribution in [-0.4, -0.2) is 27.6 Å². The number of hydrogen-bond acceptors (Lipinski definition) is 2. The van der Waals surface area contributed by atoms with Gasteiger partial charge in [-0.1, -0.05) is 32.4 Å². The fraction of sp³-hybridized carbons (Fsp3) is 0.571. The van der Waals surface area contributed by atoms with Crippen LogP contribution in [0.15, 0.2) is 12.3 Å². The molecule has 1 aromatic heterocycles. The molecule has 0 aromatic carbocycles. The van der Waals surface area contributed by atoms with Crippen molar-refractivity contribution in [1.82, 2.24) is 9.88 Å². The van der Waals surface area contributed by atoms with E-state index in [2.05, 4.69) is 5.32 Å². The topological polar surface area (TPSA) is 71.3 Å². The summed E-state index contributed by atoms with van der Waals surface area (Å²) in [7, 11) is 0. The lowest BCUT2D eigenvalue weighted by Gasteiger charge is -2.30. The zero-order valence-corrected chi connectivity index (χ0v) is 13.0. The predicted octanol–water partition coefficient (Wildman–Crippen LogP) is 2.78. The third-order valence-corrected chi connectivity index (χ3v) is 3.37. The lowest BCUT2D eigenvalue weighted by molar-refractivity contribution is -0.138. The molecule has 1 rings (SSSR count). The molecule has 0 aliphatic carbocycles. The molecule has 1 amide bonds. The van der Waals surface area contributed by atoms with Crippen LogP contribution in [0.5, 0.6) is 0 Å². The summed E-state index contributed by atoms with van der Waals surface area (Å²) in [5, 5.41) is 12.2. The van der Waals surface area contributed by atoms with E-state index >= 15 is 0 Å². The van der Waals surface area contributed by atoms with E-state index in [0.29, 0.717) is 17.3 Å². The van der Waals surface area contributed by atoms with Gasteiger partial charge in [0, 0.05) is 18.8 Å². The van der Waals surface area contributed by atoms with Crippen molar-refractivity contribution in [2.45, 2.75) is 46.7 Å². The van der Waals surface area contributed by atoms with Crippen molar-refractivity contribution in [3.05, 3.63) is 23.0 Å². The van der Waals surface area contributed by atoms with Crippen molar-refractivity contribution in [1.29, 1.82) is 0 Å². The van der Waals surface area contributed by atoms with Gasteiger partial charge in [0.05, 0.1) is 11.4 Å². The molecule has 0 fully saturated rings. The third kappa shape index (κ3) is 4.27. The molecule has 6 heteroatoms. The summed E-state index contributed by atoms with van der Waals surface area (Å²) in [6, 6.07) is 1.13. The maximum atomic E-state index is 12.3. The standard InChI is InChI=1S/C14H21ClN2O3/c1-5-17-8-9(15)6-10(17)13(20)16-11(7-12(18)19)14(2,3)4/h6,8,11H,5,7H2,1-4H3,(H,16,20)(H,18,19). The zero-order valence-electron chi connectivity index (χ0n) is 12.2. The summed E-state index contributed by atoms with van der Waals surface area (Å²) in [6.45, 7) is 8.21. The Morgan fingerprint density at radius 2 is 2.05 bits per heavy atom. The second kappa shape index (κ2) is 6.31. The second-order valence-electron chi connectivity index (χ2n) is 5.82. The molecule has 0 bridgehead atoms. The van der Waals surface area contributed by atoms with Crippen LogP contribution in [0.1, 0.15) is 44.6 Å². The molecule has 0 saturated carbocycles. The van der Waals surface area contributed by atoms with E-state index < -0.39 is 12.0 Å². The van der Waals surface area contributed by atoms with Gasteiger partial charge in [0.1, 0.15) is 5.69 Å². The van der Waals surface area contributed by atoms with Crippen molar-refractivity contribution in [3.63, 3.8) is 0 Å². The highest BCUT2D eigenvalue weighted by atomic mass is 35.5. The van der Waals surface area contributed by atoms with Crippen LogP contribution in [0, 0.1) is 5.41 Å². The van der Waals surface area contributed by atoms with Crippen LogP contribution in [0.25, 0.3) is 0 Å². The molecule has 0 spiro atoms. The summed E-state index contributed by atoms with van der Waals surface area (Å²) in [6.07, 6.45) is 1.57. The molecule has 112 valence electrons. The first-order chi connectivity index (χ1) is 9.15. The molecule has 0 aliphatic heterocycles. The van der Waals surface area contributed by atoms with Crippen molar-refractivity contribution in [2.24, 2.45) is 5.41 Å². The first kappa shape index (κ1) is 16.6. The Hall–Kier alpha value is -1.49. The Labute approximate surface area is 123 Å². The molecule has 0 radical (unpaired) electrons. The smallest absolute Gasteiger partial charge is 0.305 e. The molecule has 1 aromatic rings. The molecule has 20 heavy (non-hydrogen) atoms. The number of aryl methyl sites for hydroxylation is 1. The molecule has 0 saturated heterocycles. The van der Waals surface area contributed by atoms with Gasteiger partial charge in [-0.05, 0) is 18.4 Å². The number of nitrogens with zero attached hydrogens (tertiary/aromatic N) is 1. The quantitative estimate of drug-likeness (QED) is 0.878. The highest BCUT2D eigenvalue weighted by Crippen LogP contribution is 2.23. The number of hydrogen-bond donors (Lipinski definition) is 2. The van der Waals surface area contributed by atoms with E-state index in [0.717, 1.165) is 0 Å². The van der Waals surface area contributed by atoms with Crippen molar-refractivity contribution in [2.75, 3.05) is 0 Å². The number of nitrogens with one attached hydrogen (secondary N) is 1. The van der Waals surface area contributed by atoms with E-state index in [4.69, 9.17) is 16.7 Å². The van der Waals surface area contributed by atoms with E-state index in [1.54, 1.807) is 16.8 Å². The molecule has 1 heterocycles. The Balaban J connectivity index is 2.93. The maximum absolute atomic E-state index is 12.3. The van der Waals surface area contributed by atoms with Gasteiger partial charge in [-0.15, -0.1) is 0 Å². The fourth-order valence-electron chi connectivity index (χ4n) is 1.91.